The van der Waals surface area contributed by atoms with Crippen LogP contribution in [0.2, 0.25) is 0 Å². The molecule has 2 N–H and O–H groups in total. The van der Waals surface area contributed by atoms with Gasteiger partial charge in [-0.2, -0.15) is 0 Å². The van der Waals surface area contributed by atoms with Crippen molar-refractivity contribution >= 4 is 6.09 Å². The van der Waals surface area contributed by atoms with Crippen LogP contribution in [0.1, 0.15) is 18.4 Å². The molecular weight excluding hydrogens is 166 g/mol. The minimum Gasteiger partial charge on any atom is -0.449 e. The molecule has 0 fully saturated rings. The number of carbonyl (C=O) groups excluding carboxylic acids is 1. The van der Waals surface area contributed by atoms with E-state index in [0.29, 0.717) is 6.61 Å². The van der Waals surface area contributed by atoms with Gasteiger partial charge in [-0.15, -0.1) is 0 Å². The molecule has 0 bridgehead atoms. The molecule has 0 radical (unpaired) electrons. The molecule has 0 saturated carbocycles. The number of nitrogens with two attached hydrogens (primary N) is 1. The molecule has 1 amide bonds. The van der Waals surface area contributed by atoms with Gasteiger partial charge in [0.15, 0.2) is 0 Å². The van der Waals surface area contributed by atoms with Crippen LogP contribution in [0.5, 0.6) is 0 Å². The topological polar surface area (TPSA) is 52.3 Å². The van der Waals surface area contributed by atoms with Crippen molar-refractivity contribution in [3.8, 4) is 0 Å². The molecule has 0 aliphatic rings. The first kappa shape index (κ1) is 9.58. The second-order valence-corrected chi connectivity index (χ2v) is 2.94. The summed E-state index contributed by atoms with van der Waals surface area (Å²) in [5, 5.41) is 0. The van der Waals surface area contributed by atoms with Crippen LogP contribution in [0.15, 0.2) is 30.3 Å². The molecule has 1 aromatic carbocycles. The largest absolute Gasteiger partial charge is 0.449 e. The average molecular weight is 179 g/mol. The molecular formula is C10H13NO2. The van der Waals surface area contributed by atoms with E-state index in [1.165, 1.54) is 0 Å². The Bertz CT molecular complexity index is 272. The molecule has 1 atom stereocenters. The second kappa shape index (κ2) is 4.50. The molecule has 70 valence electrons. The zero-order valence-electron chi connectivity index (χ0n) is 7.57. The summed E-state index contributed by atoms with van der Waals surface area (Å²) in [6.07, 6.45) is -0.720. The van der Waals surface area contributed by atoms with Crippen molar-refractivity contribution in [3.05, 3.63) is 35.9 Å². The lowest BCUT2D eigenvalue weighted by Crippen LogP contribution is -2.16. The molecule has 0 saturated heterocycles. The van der Waals surface area contributed by atoms with Crippen LogP contribution >= 0.6 is 0 Å². The number of carbonyl (C=O) groups is 1. The molecule has 13 heavy (non-hydrogen) atoms. The van der Waals surface area contributed by atoms with Gasteiger partial charge >= 0.3 is 6.09 Å². The maximum absolute atomic E-state index is 10.3. The van der Waals surface area contributed by atoms with E-state index in [1.807, 2.05) is 37.3 Å². The Kier molecular flexibility index (Phi) is 3.31. The van der Waals surface area contributed by atoms with Crippen molar-refractivity contribution in [2.24, 2.45) is 5.73 Å². The van der Waals surface area contributed by atoms with Gasteiger partial charge in [0.2, 0.25) is 0 Å². The summed E-state index contributed by atoms with van der Waals surface area (Å²) >= 11 is 0. The fourth-order valence-corrected chi connectivity index (χ4v) is 1.08. The molecule has 0 unspecified atom stereocenters. The van der Waals surface area contributed by atoms with Crippen LogP contribution in [0.3, 0.4) is 0 Å². The standard InChI is InChI=1S/C10H13NO2/c1-8(7-13-10(11)12)9-5-3-2-4-6-9/h2-6,8H,7H2,1H3,(H2,11,12)/t8-/m0/s1. The number of hydrogen-bond acceptors (Lipinski definition) is 2. The smallest absolute Gasteiger partial charge is 0.404 e. The lowest BCUT2D eigenvalue weighted by atomic mass is 10.0. The summed E-state index contributed by atoms with van der Waals surface area (Å²) < 4.78 is 4.70. The lowest BCUT2D eigenvalue weighted by molar-refractivity contribution is 0.151. The van der Waals surface area contributed by atoms with Crippen LogP contribution < -0.4 is 5.73 Å². The summed E-state index contributed by atoms with van der Waals surface area (Å²) in [5.41, 5.74) is 6.00. The van der Waals surface area contributed by atoms with Crippen LogP contribution in [-0.2, 0) is 4.74 Å². The Hall–Kier alpha value is -1.51. The first-order valence-corrected chi connectivity index (χ1v) is 4.17. The summed E-state index contributed by atoms with van der Waals surface area (Å²) in [4.78, 5) is 10.3. The minimum absolute atomic E-state index is 0.189. The zero-order valence-corrected chi connectivity index (χ0v) is 7.57. The highest BCUT2D eigenvalue weighted by Gasteiger charge is 2.06. The Morgan fingerprint density at radius 3 is 2.62 bits per heavy atom. The van der Waals surface area contributed by atoms with E-state index in [9.17, 15) is 4.79 Å². The predicted molar refractivity (Wildman–Crippen MR) is 50.4 cm³/mol. The maximum atomic E-state index is 10.3. The van der Waals surface area contributed by atoms with Gasteiger partial charge in [-0.1, -0.05) is 37.3 Å². The maximum Gasteiger partial charge on any atom is 0.404 e. The average Bonchev–Trinajstić information content (AvgIpc) is 2.15. The Balaban J connectivity index is 2.49. The van der Waals surface area contributed by atoms with E-state index in [-0.39, 0.29) is 5.92 Å². The van der Waals surface area contributed by atoms with Crippen molar-refractivity contribution in [3.63, 3.8) is 0 Å². The molecule has 3 heteroatoms. The Morgan fingerprint density at radius 2 is 2.08 bits per heavy atom. The highest BCUT2D eigenvalue weighted by molar-refractivity contribution is 5.64. The van der Waals surface area contributed by atoms with Gasteiger partial charge in [-0.3, -0.25) is 0 Å². The molecule has 0 aromatic heterocycles. The van der Waals surface area contributed by atoms with E-state index >= 15 is 0 Å². The van der Waals surface area contributed by atoms with E-state index in [4.69, 9.17) is 10.5 Å². The monoisotopic (exact) mass is 179 g/mol. The normalized spacial score (nSPS) is 12.1. The molecule has 0 aliphatic carbocycles. The minimum atomic E-state index is -0.720. The highest BCUT2D eigenvalue weighted by atomic mass is 16.5. The van der Waals surface area contributed by atoms with Crippen molar-refractivity contribution < 1.29 is 9.53 Å². The lowest BCUT2D eigenvalue weighted by Gasteiger charge is -2.10. The SMILES string of the molecule is C[C@@H](COC(N)=O)c1ccccc1. The molecule has 3 nitrogen and oxygen atoms in total. The van der Waals surface area contributed by atoms with E-state index in [1.54, 1.807) is 0 Å². The van der Waals surface area contributed by atoms with Gasteiger partial charge < -0.3 is 10.5 Å². The molecule has 0 aliphatic heterocycles. The van der Waals surface area contributed by atoms with E-state index in [2.05, 4.69) is 0 Å². The Morgan fingerprint density at radius 1 is 1.46 bits per heavy atom. The number of rotatable bonds is 3. The van der Waals surface area contributed by atoms with Gasteiger partial charge in [0.05, 0.1) is 6.61 Å². The molecule has 0 heterocycles. The second-order valence-electron chi connectivity index (χ2n) is 2.94. The predicted octanol–water partition coefficient (Wildman–Crippen LogP) is 1.89. The first-order valence-electron chi connectivity index (χ1n) is 4.17. The number of ether oxygens (including phenoxy) is 1. The van der Waals surface area contributed by atoms with Gasteiger partial charge in [0.1, 0.15) is 0 Å². The molecule has 1 aromatic rings. The van der Waals surface area contributed by atoms with Gasteiger partial charge in [0.25, 0.3) is 0 Å². The number of benzene rings is 1. The third-order valence-corrected chi connectivity index (χ3v) is 1.84. The first-order chi connectivity index (χ1) is 6.20. The number of hydrogen-bond donors (Lipinski definition) is 1. The fourth-order valence-electron chi connectivity index (χ4n) is 1.08. The highest BCUT2D eigenvalue weighted by Crippen LogP contribution is 2.14. The third-order valence-electron chi connectivity index (χ3n) is 1.84. The van der Waals surface area contributed by atoms with Crippen molar-refractivity contribution in [1.82, 2.24) is 0 Å². The van der Waals surface area contributed by atoms with Crippen LogP contribution in [0, 0.1) is 0 Å². The van der Waals surface area contributed by atoms with Gasteiger partial charge in [-0.05, 0) is 5.56 Å². The van der Waals surface area contributed by atoms with Crippen LogP contribution in [0.4, 0.5) is 4.79 Å². The summed E-state index contributed by atoms with van der Waals surface area (Å²) in [6.45, 7) is 2.32. The van der Waals surface area contributed by atoms with Crippen molar-refractivity contribution in [2.45, 2.75) is 12.8 Å². The van der Waals surface area contributed by atoms with E-state index in [0.717, 1.165) is 5.56 Å². The van der Waals surface area contributed by atoms with E-state index < -0.39 is 6.09 Å². The third kappa shape index (κ3) is 3.15. The summed E-state index contributed by atoms with van der Waals surface area (Å²) in [5.74, 6) is 0.189. The van der Waals surface area contributed by atoms with Crippen molar-refractivity contribution in [2.75, 3.05) is 6.61 Å². The molecule has 1 rings (SSSR count). The Labute approximate surface area is 77.5 Å². The van der Waals surface area contributed by atoms with Crippen LogP contribution in [-0.4, -0.2) is 12.7 Å². The van der Waals surface area contributed by atoms with Crippen LogP contribution in [0.25, 0.3) is 0 Å². The summed E-state index contributed by atoms with van der Waals surface area (Å²) in [7, 11) is 0. The fraction of sp³-hybridized carbons (Fsp3) is 0.300. The zero-order chi connectivity index (χ0) is 9.68. The number of amides is 1. The quantitative estimate of drug-likeness (QED) is 0.770. The van der Waals surface area contributed by atoms with Gasteiger partial charge in [0, 0.05) is 5.92 Å². The summed E-state index contributed by atoms with van der Waals surface area (Å²) in [6, 6.07) is 9.85. The molecule has 0 spiro atoms. The van der Waals surface area contributed by atoms with Crippen molar-refractivity contribution in [1.29, 1.82) is 0 Å². The van der Waals surface area contributed by atoms with Gasteiger partial charge in [-0.25, -0.2) is 4.79 Å². The number of primary amides is 1.